The molecule has 3 N–H and O–H groups in total. The van der Waals surface area contributed by atoms with E-state index in [2.05, 4.69) is 26.1 Å². The first-order valence-corrected chi connectivity index (χ1v) is 8.03. The van der Waals surface area contributed by atoms with E-state index in [0.717, 1.165) is 6.42 Å². The van der Waals surface area contributed by atoms with Crippen molar-refractivity contribution in [3.05, 3.63) is 41.3 Å². The second kappa shape index (κ2) is 6.20. The molecule has 1 heterocycles. The van der Waals surface area contributed by atoms with Gasteiger partial charge >= 0.3 is 0 Å². The standard InChI is InChI=1S/C19H25N3O2/c1-18(2,3)11-19(4,5)22-17(23)15-12-8-6-7-9-14(12)24-16(21)13(15)10-20/h6-9,15H,11,21H2,1-5H3,(H,22,23). The van der Waals surface area contributed by atoms with Crippen molar-refractivity contribution < 1.29 is 9.53 Å². The van der Waals surface area contributed by atoms with Crippen molar-refractivity contribution in [1.82, 2.24) is 5.32 Å². The third-order valence-electron chi connectivity index (χ3n) is 3.82. The minimum absolute atomic E-state index is 0.00928. The molecule has 1 atom stereocenters. The summed E-state index contributed by atoms with van der Waals surface area (Å²) in [5.74, 6) is -0.480. The van der Waals surface area contributed by atoms with Gasteiger partial charge in [-0.25, -0.2) is 0 Å². The van der Waals surface area contributed by atoms with Crippen molar-refractivity contribution in [3.8, 4) is 11.8 Å². The molecule has 128 valence electrons. The largest absolute Gasteiger partial charge is 0.440 e. The maximum absolute atomic E-state index is 13.0. The van der Waals surface area contributed by atoms with E-state index in [1.54, 1.807) is 12.1 Å². The lowest BCUT2D eigenvalue weighted by atomic mass is 9.81. The summed E-state index contributed by atoms with van der Waals surface area (Å²) >= 11 is 0. The molecule has 1 aliphatic heterocycles. The molecule has 1 unspecified atom stereocenters. The Balaban J connectivity index is 2.35. The molecule has 0 saturated carbocycles. The molecule has 0 radical (unpaired) electrons. The van der Waals surface area contributed by atoms with Crippen molar-refractivity contribution in [2.24, 2.45) is 11.1 Å². The highest BCUT2D eigenvalue weighted by atomic mass is 16.5. The van der Waals surface area contributed by atoms with E-state index in [-0.39, 0.29) is 22.8 Å². The highest BCUT2D eigenvalue weighted by molar-refractivity contribution is 5.90. The molecule has 5 heteroatoms. The average Bonchev–Trinajstić information content (AvgIpc) is 2.42. The first kappa shape index (κ1) is 17.9. The number of fused-ring (bicyclic) bond motifs is 1. The zero-order chi connectivity index (χ0) is 18.1. The highest BCUT2D eigenvalue weighted by Crippen LogP contribution is 2.38. The van der Waals surface area contributed by atoms with Gasteiger partial charge in [0.05, 0.1) is 0 Å². The van der Waals surface area contributed by atoms with Gasteiger partial charge in [-0.05, 0) is 31.7 Å². The van der Waals surface area contributed by atoms with Crippen LogP contribution in [-0.4, -0.2) is 11.4 Å². The molecule has 0 spiro atoms. The molecule has 1 aliphatic rings. The molecular formula is C19H25N3O2. The zero-order valence-corrected chi connectivity index (χ0v) is 14.9. The van der Waals surface area contributed by atoms with E-state index in [0.29, 0.717) is 11.3 Å². The number of rotatable bonds is 3. The number of nitriles is 1. The van der Waals surface area contributed by atoms with Gasteiger partial charge in [0.1, 0.15) is 23.3 Å². The van der Waals surface area contributed by atoms with Crippen LogP contribution < -0.4 is 15.8 Å². The Morgan fingerprint density at radius 3 is 2.50 bits per heavy atom. The summed E-state index contributed by atoms with van der Waals surface area (Å²) in [5, 5.41) is 12.5. The summed E-state index contributed by atoms with van der Waals surface area (Å²) in [4.78, 5) is 13.0. The molecule has 0 bridgehead atoms. The average molecular weight is 327 g/mol. The third kappa shape index (κ3) is 3.88. The van der Waals surface area contributed by atoms with E-state index in [1.807, 2.05) is 32.0 Å². The first-order chi connectivity index (χ1) is 11.0. The van der Waals surface area contributed by atoms with Gasteiger partial charge in [0.15, 0.2) is 0 Å². The number of nitrogens with zero attached hydrogens (tertiary/aromatic N) is 1. The topological polar surface area (TPSA) is 88.1 Å². The second-order valence-electron chi connectivity index (χ2n) is 8.07. The number of amides is 1. The Morgan fingerprint density at radius 2 is 1.92 bits per heavy atom. The predicted molar refractivity (Wildman–Crippen MR) is 92.9 cm³/mol. The van der Waals surface area contributed by atoms with Gasteiger partial charge in [-0.3, -0.25) is 4.79 Å². The van der Waals surface area contributed by atoms with E-state index < -0.39 is 11.5 Å². The van der Waals surface area contributed by atoms with Crippen LogP contribution in [0.1, 0.15) is 52.5 Å². The molecule has 0 aliphatic carbocycles. The number of hydrogen-bond acceptors (Lipinski definition) is 4. The number of para-hydroxylation sites is 1. The Morgan fingerprint density at radius 1 is 1.29 bits per heavy atom. The van der Waals surface area contributed by atoms with Crippen LogP contribution in [0.4, 0.5) is 0 Å². The third-order valence-corrected chi connectivity index (χ3v) is 3.82. The summed E-state index contributed by atoms with van der Waals surface area (Å²) in [7, 11) is 0. The van der Waals surface area contributed by atoms with Crippen LogP contribution in [0.5, 0.6) is 5.75 Å². The smallest absolute Gasteiger partial charge is 0.233 e. The van der Waals surface area contributed by atoms with Crippen LogP contribution in [-0.2, 0) is 4.79 Å². The molecule has 0 aromatic heterocycles. The number of benzene rings is 1. The van der Waals surface area contributed by atoms with Crippen LogP contribution in [0.15, 0.2) is 35.7 Å². The van der Waals surface area contributed by atoms with Gasteiger partial charge in [0, 0.05) is 11.1 Å². The molecule has 1 aromatic carbocycles. The van der Waals surface area contributed by atoms with Gasteiger partial charge in [0.2, 0.25) is 11.8 Å². The zero-order valence-electron chi connectivity index (χ0n) is 14.9. The molecule has 1 aromatic rings. The lowest BCUT2D eigenvalue weighted by molar-refractivity contribution is -0.123. The number of nitrogens with one attached hydrogen (secondary N) is 1. The summed E-state index contributed by atoms with van der Waals surface area (Å²) in [6.07, 6.45) is 0.803. The number of nitrogens with two attached hydrogens (primary N) is 1. The van der Waals surface area contributed by atoms with Gasteiger partial charge in [-0.2, -0.15) is 5.26 Å². The lowest BCUT2D eigenvalue weighted by Gasteiger charge is -2.35. The Bertz CT molecular complexity index is 721. The van der Waals surface area contributed by atoms with Crippen molar-refractivity contribution in [1.29, 1.82) is 5.26 Å². The number of carbonyl (C=O) groups is 1. The fourth-order valence-corrected chi connectivity index (χ4v) is 3.45. The summed E-state index contributed by atoms with van der Waals surface area (Å²) < 4.78 is 5.48. The Hall–Kier alpha value is -2.48. The molecule has 5 nitrogen and oxygen atoms in total. The van der Waals surface area contributed by atoms with Crippen LogP contribution >= 0.6 is 0 Å². The Kier molecular flexibility index (Phi) is 4.61. The monoisotopic (exact) mass is 327 g/mol. The van der Waals surface area contributed by atoms with Gasteiger partial charge < -0.3 is 15.8 Å². The van der Waals surface area contributed by atoms with Crippen molar-refractivity contribution in [2.45, 2.75) is 52.5 Å². The summed E-state index contributed by atoms with van der Waals surface area (Å²) in [6.45, 7) is 10.4. The van der Waals surface area contributed by atoms with Gasteiger partial charge in [-0.15, -0.1) is 0 Å². The summed E-state index contributed by atoms with van der Waals surface area (Å²) in [5.41, 5.74) is 6.33. The van der Waals surface area contributed by atoms with Crippen LogP contribution in [0.25, 0.3) is 0 Å². The number of hydrogen-bond donors (Lipinski definition) is 2. The lowest BCUT2D eigenvalue weighted by Crippen LogP contribution is -2.48. The minimum atomic E-state index is -0.751. The quantitative estimate of drug-likeness (QED) is 0.892. The fourth-order valence-electron chi connectivity index (χ4n) is 3.45. The number of ether oxygens (including phenoxy) is 1. The SMILES string of the molecule is CC(C)(C)CC(C)(C)NC(=O)C1C(C#N)=C(N)Oc2ccccc21. The van der Waals surface area contributed by atoms with Gasteiger partial charge in [-0.1, -0.05) is 39.0 Å². The fraction of sp³-hybridized carbons (Fsp3) is 0.474. The normalized spacial score (nSPS) is 17.6. The van der Waals surface area contributed by atoms with Crippen LogP contribution in [0.2, 0.25) is 0 Å². The molecule has 2 rings (SSSR count). The number of carbonyl (C=O) groups excluding carboxylic acids is 1. The maximum atomic E-state index is 13.0. The molecular weight excluding hydrogens is 302 g/mol. The first-order valence-electron chi connectivity index (χ1n) is 8.03. The Labute approximate surface area is 143 Å². The van der Waals surface area contributed by atoms with Crippen molar-refractivity contribution >= 4 is 5.91 Å². The minimum Gasteiger partial charge on any atom is -0.440 e. The van der Waals surface area contributed by atoms with Crippen LogP contribution in [0.3, 0.4) is 0 Å². The summed E-state index contributed by atoms with van der Waals surface area (Å²) in [6, 6.07) is 9.19. The van der Waals surface area contributed by atoms with Gasteiger partial charge in [0.25, 0.3) is 0 Å². The molecule has 0 saturated heterocycles. The highest BCUT2D eigenvalue weighted by Gasteiger charge is 2.37. The second-order valence-corrected chi connectivity index (χ2v) is 8.07. The van der Waals surface area contributed by atoms with Crippen molar-refractivity contribution in [3.63, 3.8) is 0 Å². The van der Waals surface area contributed by atoms with Crippen molar-refractivity contribution in [2.75, 3.05) is 0 Å². The van der Waals surface area contributed by atoms with E-state index in [1.165, 1.54) is 0 Å². The molecule has 1 amide bonds. The molecule has 0 fully saturated rings. The maximum Gasteiger partial charge on any atom is 0.233 e. The van der Waals surface area contributed by atoms with Crippen LogP contribution in [0, 0.1) is 16.7 Å². The van der Waals surface area contributed by atoms with E-state index in [4.69, 9.17) is 10.5 Å². The predicted octanol–water partition coefficient (Wildman–Crippen LogP) is 3.19. The van der Waals surface area contributed by atoms with E-state index >= 15 is 0 Å². The molecule has 24 heavy (non-hydrogen) atoms. The van der Waals surface area contributed by atoms with E-state index in [9.17, 15) is 10.1 Å².